The molecule has 1 unspecified atom stereocenters. The number of thiophene rings is 1. The van der Waals surface area contributed by atoms with Gasteiger partial charge < -0.3 is 14.6 Å². The first-order valence-corrected chi connectivity index (χ1v) is 12.8. The first-order chi connectivity index (χ1) is 18.1. The lowest BCUT2D eigenvalue weighted by atomic mass is 9.99. The fourth-order valence-corrected chi connectivity index (χ4v) is 5.14. The average molecular weight is 512 g/mol. The van der Waals surface area contributed by atoms with Crippen LogP contribution in [0.1, 0.15) is 29.0 Å². The molecule has 5 rings (SSSR count). The van der Waals surface area contributed by atoms with Crippen molar-refractivity contribution < 1.29 is 24.2 Å². The van der Waals surface area contributed by atoms with E-state index in [0.717, 1.165) is 10.4 Å². The minimum Gasteiger partial charge on any atom is -0.507 e. The van der Waals surface area contributed by atoms with Crippen LogP contribution >= 0.6 is 11.3 Å². The molecule has 6 nitrogen and oxygen atoms in total. The minimum atomic E-state index is -0.758. The van der Waals surface area contributed by atoms with E-state index in [-0.39, 0.29) is 11.3 Å². The molecule has 37 heavy (non-hydrogen) atoms. The van der Waals surface area contributed by atoms with Crippen molar-refractivity contribution in [2.24, 2.45) is 0 Å². The van der Waals surface area contributed by atoms with Crippen molar-refractivity contribution in [1.82, 2.24) is 0 Å². The summed E-state index contributed by atoms with van der Waals surface area (Å²) in [4.78, 5) is 28.8. The van der Waals surface area contributed by atoms with Gasteiger partial charge in [0.1, 0.15) is 29.9 Å². The largest absolute Gasteiger partial charge is 0.507 e. The monoisotopic (exact) mass is 511 g/mol. The molecule has 1 atom stereocenters. The van der Waals surface area contributed by atoms with E-state index >= 15 is 0 Å². The molecule has 1 saturated heterocycles. The van der Waals surface area contributed by atoms with Crippen molar-refractivity contribution in [3.05, 3.63) is 118 Å². The Kier molecular flexibility index (Phi) is 7.05. The topological polar surface area (TPSA) is 76.1 Å². The van der Waals surface area contributed by atoms with E-state index < -0.39 is 17.7 Å². The molecule has 7 heteroatoms. The van der Waals surface area contributed by atoms with Crippen LogP contribution in [-0.4, -0.2) is 23.4 Å². The second-order valence-electron chi connectivity index (χ2n) is 8.41. The zero-order valence-corrected chi connectivity index (χ0v) is 21.0. The number of amides is 1. The van der Waals surface area contributed by atoms with Gasteiger partial charge in [0.15, 0.2) is 0 Å². The first kappa shape index (κ1) is 24.3. The Bertz CT molecular complexity index is 1430. The number of carbonyl (C=O) groups excluding carboxylic acids is 2. The van der Waals surface area contributed by atoms with Gasteiger partial charge in [-0.1, -0.05) is 48.5 Å². The number of hydrogen-bond acceptors (Lipinski definition) is 6. The number of ether oxygens (including phenoxy) is 2. The third-order valence-corrected chi connectivity index (χ3v) is 6.96. The quantitative estimate of drug-likeness (QED) is 0.169. The maximum Gasteiger partial charge on any atom is 0.300 e. The molecule has 0 saturated carbocycles. The van der Waals surface area contributed by atoms with Crippen LogP contribution in [0.3, 0.4) is 0 Å². The predicted octanol–water partition coefficient (Wildman–Crippen LogP) is 6.35. The van der Waals surface area contributed by atoms with Crippen molar-refractivity contribution in [1.29, 1.82) is 0 Å². The summed E-state index contributed by atoms with van der Waals surface area (Å²) in [7, 11) is 0. The molecule has 1 N–H and O–H groups in total. The third-order valence-electron chi connectivity index (χ3n) is 6.04. The molecule has 4 aromatic rings. The molecule has 0 aliphatic carbocycles. The fourth-order valence-electron chi connectivity index (χ4n) is 4.31. The second-order valence-corrected chi connectivity index (χ2v) is 9.39. The van der Waals surface area contributed by atoms with Crippen LogP contribution in [0, 0.1) is 0 Å². The Morgan fingerprint density at radius 3 is 2.38 bits per heavy atom. The highest BCUT2D eigenvalue weighted by Crippen LogP contribution is 2.44. The van der Waals surface area contributed by atoms with Crippen LogP contribution in [-0.2, 0) is 16.2 Å². The molecule has 0 bridgehead atoms. The molecule has 2 heterocycles. The van der Waals surface area contributed by atoms with E-state index in [4.69, 9.17) is 9.47 Å². The Morgan fingerprint density at radius 2 is 1.68 bits per heavy atom. The SMILES string of the molecule is CCOc1cccc(/C(O)=C2/C(=O)C(=O)N(c3ccc(OCc4ccccc4)cc3)C2c2cccs2)c1. The van der Waals surface area contributed by atoms with Gasteiger partial charge in [-0.05, 0) is 60.3 Å². The number of ketones is 1. The lowest BCUT2D eigenvalue weighted by Crippen LogP contribution is -2.29. The normalized spacial score (nSPS) is 16.7. The zero-order valence-electron chi connectivity index (χ0n) is 20.2. The molecule has 1 aromatic heterocycles. The molecule has 1 aliphatic rings. The minimum absolute atomic E-state index is 0.0468. The number of nitrogens with zero attached hydrogens (tertiary/aromatic N) is 1. The van der Waals surface area contributed by atoms with E-state index in [0.29, 0.717) is 36.0 Å². The lowest BCUT2D eigenvalue weighted by Gasteiger charge is -2.24. The molecule has 186 valence electrons. The summed E-state index contributed by atoms with van der Waals surface area (Å²) in [6.45, 7) is 2.75. The van der Waals surface area contributed by atoms with E-state index in [1.54, 1.807) is 48.5 Å². The standard InChI is InChI=1S/C30H25NO5S/c1-2-35-24-11-6-10-21(18-24)28(32)26-27(25-12-7-17-37-25)31(30(34)29(26)33)22-13-15-23(16-14-22)36-19-20-8-4-3-5-9-20/h3-18,27,32H,2,19H2,1H3/b28-26-. The van der Waals surface area contributed by atoms with Crippen molar-refractivity contribution >= 4 is 34.5 Å². The number of benzene rings is 3. The average Bonchev–Trinajstić information content (AvgIpc) is 3.55. The van der Waals surface area contributed by atoms with Gasteiger partial charge in [0.05, 0.1) is 12.2 Å². The van der Waals surface area contributed by atoms with Crippen molar-refractivity contribution in [2.45, 2.75) is 19.6 Å². The summed E-state index contributed by atoms with van der Waals surface area (Å²) in [5.41, 5.74) is 2.04. The number of carbonyl (C=O) groups is 2. The molecule has 0 radical (unpaired) electrons. The Hall–Kier alpha value is -4.36. The number of aliphatic hydroxyl groups is 1. The van der Waals surface area contributed by atoms with Crippen molar-refractivity contribution in [2.75, 3.05) is 11.5 Å². The lowest BCUT2D eigenvalue weighted by molar-refractivity contribution is -0.132. The third kappa shape index (κ3) is 4.99. The van der Waals surface area contributed by atoms with Gasteiger partial charge >= 0.3 is 0 Å². The summed E-state index contributed by atoms with van der Waals surface area (Å²) < 4.78 is 11.4. The molecular weight excluding hydrogens is 486 g/mol. The van der Waals surface area contributed by atoms with Crippen LogP contribution in [0.2, 0.25) is 0 Å². The van der Waals surface area contributed by atoms with E-state index in [9.17, 15) is 14.7 Å². The first-order valence-electron chi connectivity index (χ1n) is 11.9. The van der Waals surface area contributed by atoms with Crippen LogP contribution in [0.25, 0.3) is 5.76 Å². The van der Waals surface area contributed by atoms with Gasteiger partial charge in [-0.25, -0.2) is 0 Å². The Morgan fingerprint density at radius 1 is 0.892 bits per heavy atom. The van der Waals surface area contributed by atoms with E-state index in [1.807, 2.05) is 54.8 Å². The summed E-state index contributed by atoms with van der Waals surface area (Å²) in [5.74, 6) is -0.450. The van der Waals surface area contributed by atoms with Crippen LogP contribution in [0.5, 0.6) is 11.5 Å². The Balaban J connectivity index is 1.49. The molecular formula is C30H25NO5S. The molecule has 1 aliphatic heterocycles. The van der Waals surface area contributed by atoms with E-state index in [2.05, 4.69) is 0 Å². The summed E-state index contributed by atoms with van der Waals surface area (Å²) in [6.07, 6.45) is 0. The number of Topliss-reactive ketones (excluding diaryl/α,β-unsaturated/α-hetero) is 1. The van der Waals surface area contributed by atoms with Crippen LogP contribution in [0.4, 0.5) is 5.69 Å². The molecule has 1 fully saturated rings. The fraction of sp³-hybridized carbons (Fsp3) is 0.133. The Labute approximate surface area is 219 Å². The van der Waals surface area contributed by atoms with Crippen molar-refractivity contribution in [3.63, 3.8) is 0 Å². The highest BCUT2D eigenvalue weighted by molar-refractivity contribution is 7.10. The van der Waals surface area contributed by atoms with Gasteiger partial charge in [-0.3, -0.25) is 14.5 Å². The molecule has 0 spiro atoms. The highest BCUT2D eigenvalue weighted by atomic mass is 32.1. The van der Waals surface area contributed by atoms with Crippen LogP contribution < -0.4 is 14.4 Å². The maximum atomic E-state index is 13.3. The van der Waals surface area contributed by atoms with Crippen LogP contribution in [0.15, 0.2) is 102 Å². The summed E-state index contributed by atoms with van der Waals surface area (Å²) >= 11 is 1.42. The van der Waals surface area contributed by atoms with Gasteiger partial charge in [-0.2, -0.15) is 0 Å². The number of hydrogen-bond donors (Lipinski definition) is 1. The molecule has 1 amide bonds. The van der Waals surface area contributed by atoms with Gasteiger partial charge in [-0.15, -0.1) is 11.3 Å². The zero-order chi connectivity index (χ0) is 25.8. The predicted molar refractivity (Wildman–Crippen MR) is 144 cm³/mol. The number of aliphatic hydroxyl groups excluding tert-OH is 1. The number of anilines is 1. The highest BCUT2D eigenvalue weighted by Gasteiger charge is 2.47. The molecule has 3 aromatic carbocycles. The smallest absolute Gasteiger partial charge is 0.300 e. The maximum absolute atomic E-state index is 13.3. The summed E-state index contributed by atoms with van der Waals surface area (Å²) in [5, 5.41) is 13.1. The van der Waals surface area contributed by atoms with Gasteiger partial charge in [0.25, 0.3) is 11.7 Å². The van der Waals surface area contributed by atoms with Gasteiger partial charge in [0, 0.05) is 16.1 Å². The van der Waals surface area contributed by atoms with E-state index in [1.165, 1.54) is 16.2 Å². The van der Waals surface area contributed by atoms with Crippen molar-refractivity contribution in [3.8, 4) is 11.5 Å². The number of rotatable bonds is 8. The second kappa shape index (κ2) is 10.7. The van der Waals surface area contributed by atoms with Gasteiger partial charge in [0.2, 0.25) is 0 Å². The summed E-state index contributed by atoms with van der Waals surface area (Å²) in [6, 6.07) is 26.7.